The first-order chi connectivity index (χ1) is 9.91. The summed E-state index contributed by atoms with van der Waals surface area (Å²) in [6.07, 6.45) is 2.21. The first-order valence-electron chi connectivity index (χ1n) is 7.31. The number of anilines is 1. The normalized spacial score (nSPS) is 19.3. The van der Waals surface area contributed by atoms with E-state index in [0.29, 0.717) is 17.2 Å². The SMILES string of the molecule is CCS(=O)(=O)Nc1ccc(C(=O)N2CCC[C@H](C)C2)cc1. The summed E-state index contributed by atoms with van der Waals surface area (Å²) in [5, 5.41) is 0. The van der Waals surface area contributed by atoms with Crippen molar-refractivity contribution in [3.05, 3.63) is 29.8 Å². The Morgan fingerprint density at radius 2 is 2.00 bits per heavy atom. The Bertz CT molecular complexity index is 596. The second-order valence-electron chi connectivity index (χ2n) is 5.58. The molecule has 1 aromatic carbocycles. The molecule has 1 heterocycles. The summed E-state index contributed by atoms with van der Waals surface area (Å²) in [6.45, 7) is 5.33. The van der Waals surface area contributed by atoms with E-state index >= 15 is 0 Å². The predicted octanol–water partition coefficient (Wildman–Crippen LogP) is 2.32. The summed E-state index contributed by atoms with van der Waals surface area (Å²) >= 11 is 0. The number of hydrogen-bond donors (Lipinski definition) is 1. The zero-order chi connectivity index (χ0) is 15.5. The summed E-state index contributed by atoms with van der Waals surface area (Å²) in [7, 11) is -3.28. The topological polar surface area (TPSA) is 66.5 Å². The molecule has 0 aromatic heterocycles. The van der Waals surface area contributed by atoms with Gasteiger partial charge in [-0.1, -0.05) is 6.92 Å². The third-order valence-electron chi connectivity index (χ3n) is 3.73. The maximum absolute atomic E-state index is 12.4. The van der Waals surface area contributed by atoms with E-state index in [1.807, 2.05) is 4.90 Å². The number of likely N-dealkylation sites (tertiary alicyclic amines) is 1. The number of hydrogen-bond acceptors (Lipinski definition) is 3. The molecule has 0 saturated carbocycles. The Balaban J connectivity index is 2.06. The molecule has 1 amide bonds. The van der Waals surface area contributed by atoms with Gasteiger partial charge in [-0.05, 0) is 49.9 Å². The average Bonchev–Trinajstić information content (AvgIpc) is 2.47. The van der Waals surface area contributed by atoms with Crippen molar-refractivity contribution in [1.29, 1.82) is 0 Å². The molecule has 1 aliphatic rings. The molecular weight excluding hydrogens is 288 g/mol. The van der Waals surface area contributed by atoms with Crippen molar-refractivity contribution >= 4 is 21.6 Å². The maximum Gasteiger partial charge on any atom is 0.253 e. The number of amides is 1. The zero-order valence-corrected chi connectivity index (χ0v) is 13.3. The van der Waals surface area contributed by atoms with Gasteiger partial charge in [0.05, 0.1) is 5.75 Å². The van der Waals surface area contributed by atoms with E-state index in [4.69, 9.17) is 0 Å². The fourth-order valence-electron chi connectivity index (χ4n) is 2.49. The number of sulfonamides is 1. The Morgan fingerprint density at radius 3 is 2.57 bits per heavy atom. The highest BCUT2D eigenvalue weighted by molar-refractivity contribution is 7.92. The highest BCUT2D eigenvalue weighted by atomic mass is 32.2. The minimum Gasteiger partial charge on any atom is -0.338 e. The number of piperidine rings is 1. The van der Waals surface area contributed by atoms with Crippen LogP contribution in [0.3, 0.4) is 0 Å². The van der Waals surface area contributed by atoms with Gasteiger partial charge in [-0.2, -0.15) is 0 Å². The van der Waals surface area contributed by atoms with Crippen molar-refractivity contribution in [2.45, 2.75) is 26.7 Å². The van der Waals surface area contributed by atoms with Crippen LogP contribution in [-0.4, -0.2) is 38.1 Å². The smallest absolute Gasteiger partial charge is 0.253 e. The molecule has 1 fully saturated rings. The van der Waals surface area contributed by atoms with Gasteiger partial charge in [0.15, 0.2) is 0 Å². The van der Waals surface area contributed by atoms with Crippen LogP contribution in [0, 0.1) is 5.92 Å². The van der Waals surface area contributed by atoms with Gasteiger partial charge in [-0.25, -0.2) is 8.42 Å². The van der Waals surface area contributed by atoms with Crippen LogP contribution in [-0.2, 0) is 10.0 Å². The molecule has 5 nitrogen and oxygen atoms in total. The second kappa shape index (κ2) is 6.47. The minimum absolute atomic E-state index is 0.0199. The highest BCUT2D eigenvalue weighted by Crippen LogP contribution is 2.19. The molecule has 21 heavy (non-hydrogen) atoms. The lowest BCUT2D eigenvalue weighted by molar-refractivity contribution is 0.0683. The van der Waals surface area contributed by atoms with Gasteiger partial charge in [0, 0.05) is 24.3 Å². The number of benzene rings is 1. The lowest BCUT2D eigenvalue weighted by Crippen LogP contribution is -2.39. The molecule has 0 unspecified atom stereocenters. The number of rotatable bonds is 4. The summed E-state index contributed by atoms with van der Waals surface area (Å²) in [5.41, 5.74) is 1.09. The molecule has 0 bridgehead atoms. The second-order valence-corrected chi connectivity index (χ2v) is 7.59. The average molecular weight is 310 g/mol. The van der Waals surface area contributed by atoms with E-state index < -0.39 is 10.0 Å². The van der Waals surface area contributed by atoms with Crippen LogP contribution >= 0.6 is 0 Å². The molecule has 1 N–H and O–H groups in total. The summed E-state index contributed by atoms with van der Waals surface area (Å²) < 4.78 is 25.4. The van der Waals surface area contributed by atoms with Crippen molar-refractivity contribution in [2.75, 3.05) is 23.6 Å². The van der Waals surface area contributed by atoms with Crippen LogP contribution in [0.1, 0.15) is 37.0 Å². The summed E-state index contributed by atoms with van der Waals surface area (Å²) in [5.74, 6) is 0.587. The van der Waals surface area contributed by atoms with Crippen LogP contribution in [0.2, 0.25) is 0 Å². The number of carbonyl (C=O) groups is 1. The summed E-state index contributed by atoms with van der Waals surface area (Å²) in [6, 6.07) is 6.62. The quantitative estimate of drug-likeness (QED) is 0.928. The van der Waals surface area contributed by atoms with Crippen molar-refractivity contribution in [3.8, 4) is 0 Å². The maximum atomic E-state index is 12.4. The van der Waals surface area contributed by atoms with Gasteiger partial charge in [-0.15, -0.1) is 0 Å². The molecule has 0 aliphatic carbocycles. The van der Waals surface area contributed by atoms with Crippen molar-refractivity contribution < 1.29 is 13.2 Å². The van der Waals surface area contributed by atoms with Gasteiger partial charge in [0.25, 0.3) is 5.91 Å². The van der Waals surface area contributed by atoms with Crippen LogP contribution in [0.5, 0.6) is 0 Å². The van der Waals surface area contributed by atoms with Gasteiger partial charge >= 0.3 is 0 Å². The minimum atomic E-state index is -3.28. The predicted molar refractivity (Wildman–Crippen MR) is 83.8 cm³/mol. The van der Waals surface area contributed by atoms with Crippen LogP contribution < -0.4 is 4.72 Å². The molecule has 6 heteroatoms. The number of nitrogens with zero attached hydrogens (tertiary/aromatic N) is 1. The first kappa shape index (κ1) is 15.8. The molecule has 2 rings (SSSR count). The molecule has 116 valence electrons. The van der Waals surface area contributed by atoms with Crippen LogP contribution in [0.25, 0.3) is 0 Å². The van der Waals surface area contributed by atoms with E-state index in [9.17, 15) is 13.2 Å². The molecule has 0 spiro atoms. The lowest BCUT2D eigenvalue weighted by Gasteiger charge is -2.31. The molecule has 0 radical (unpaired) electrons. The van der Waals surface area contributed by atoms with Gasteiger partial charge in [0.2, 0.25) is 10.0 Å². The fourth-order valence-corrected chi connectivity index (χ4v) is 3.13. The van der Waals surface area contributed by atoms with E-state index in [1.165, 1.54) is 6.42 Å². The van der Waals surface area contributed by atoms with Gasteiger partial charge < -0.3 is 4.90 Å². The Labute approximate surface area is 126 Å². The summed E-state index contributed by atoms with van der Waals surface area (Å²) in [4.78, 5) is 14.3. The van der Waals surface area contributed by atoms with Crippen molar-refractivity contribution in [3.63, 3.8) is 0 Å². The lowest BCUT2D eigenvalue weighted by atomic mass is 9.99. The van der Waals surface area contributed by atoms with Crippen LogP contribution in [0.4, 0.5) is 5.69 Å². The van der Waals surface area contributed by atoms with E-state index in [1.54, 1.807) is 31.2 Å². The third-order valence-corrected chi connectivity index (χ3v) is 5.04. The molecule has 1 aliphatic heterocycles. The Kier molecular flexibility index (Phi) is 4.88. The molecular formula is C15H22N2O3S. The highest BCUT2D eigenvalue weighted by Gasteiger charge is 2.21. The molecule has 1 saturated heterocycles. The van der Waals surface area contributed by atoms with Gasteiger partial charge in [0.1, 0.15) is 0 Å². The molecule has 1 aromatic rings. The Morgan fingerprint density at radius 1 is 1.33 bits per heavy atom. The van der Waals surface area contributed by atoms with E-state index in [0.717, 1.165) is 19.5 Å². The Hall–Kier alpha value is -1.56. The molecule has 1 atom stereocenters. The zero-order valence-electron chi connectivity index (χ0n) is 12.5. The monoisotopic (exact) mass is 310 g/mol. The number of carbonyl (C=O) groups excluding carboxylic acids is 1. The van der Waals surface area contributed by atoms with Gasteiger partial charge in [-0.3, -0.25) is 9.52 Å². The van der Waals surface area contributed by atoms with Crippen molar-refractivity contribution in [2.24, 2.45) is 5.92 Å². The van der Waals surface area contributed by atoms with Crippen LogP contribution in [0.15, 0.2) is 24.3 Å². The van der Waals surface area contributed by atoms with Crippen molar-refractivity contribution in [1.82, 2.24) is 4.90 Å². The largest absolute Gasteiger partial charge is 0.338 e. The number of nitrogens with one attached hydrogen (secondary N) is 1. The first-order valence-corrected chi connectivity index (χ1v) is 8.96. The van der Waals surface area contributed by atoms with E-state index in [-0.39, 0.29) is 11.7 Å². The fraction of sp³-hybridized carbons (Fsp3) is 0.533. The third kappa shape index (κ3) is 4.20. The standard InChI is InChI=1S/C15H22N2O3S/c1-3-21(19,20)16-14-8-6-13(7-9-14)15(18)17-10-4-5-12(2)11-17/h6-9,12,16H,3-5,10-11H2,1-2H3/t12-/m0/s1. The van der Waals surface area contributed by atoms with E-state index in [2.05, 4.69) is 11.6 Å².